The van der Waals surface area contributed by atoms with Crippen molar-refractivity contribution < 1.29 is 4.79 Å². The van der Waals surface area contributed by atoms with Gasteiger partial charge < -0.3 is 15.1 Å². The van der Waals surface area contributed by atoms with Crippen molar-refractivity contribution in [2.75, 3.05) is 47.5 Å². The van der Waals surface area contributed by atoms with Crippen LogP contribution in [0.4, 0.5) is 11.6 Å². The summed E-state index contributed by atoms with van der Waals surface area (Å²) in [5.74, 6) is 3.23. The fraction of sp³-hybridized carbons (Fsp3) is 0.526. The highest BCUT2D eigenvalue weighted by Crippen LogP contribution is 2.24. The lowest BCUT2D eigenvalue weighted by atomic mass is 9.95. The molecule has 2 aromatic heterocycles. The van der Waals surface area contributed by atoms with Gasteiger partial charge in [0, 0.05) is 56.0 Å². The summed E-state index contributed by atoms with van der Waals surface area (Å²) in [6.07, 6.45) is 10.4. The molecule has 0 aliphatic carbocycles. The van der Waals surface area contributed by atoms with Gasteiger partial charge in [-0.3, -0.25) is 14.8 Å². The quantitative estimate of drug-likeness (QED) is 0.806. The Morgan fingerprint density at radius 2 is 1.75 bits per heavy atom. The molecular formula is C19H25N7OS. The maximum Gasteiger partial charge on any atom is 0.225 e. The second-order valence-corrected chi connectivity index (χ2v) is 8.24. The molecule has 9 heteroatoms. The predicted molar refractivity (Wildman–Crippen MR) is 110 cm³/mol. The van der Waals surface area contributed by atoms with Crippen LogP contribution in [0.1, 0.15) is 18.5 Å². The number of thioether (sulfide) groups is 1. The summed E-state index contributed by atoms with van der Waals surface area (Å²) in [4.78, 5) is 34.3. The van der Waals surface area contributed by atoms with Crippen molar-refractivity contribution in [2.24, 2.45) is 5.92 Å². The highest BCUT2D eigenvalue weighted by Gasteiger charge is 2.25. The van der Waals surface area contributed by atoms with Gasteiger partial charge in [-0.2, -0.15) is 11.8 Å². The molecule has 2 saturated heterocycles. The van der Waals surface area contributed by atoms with E-state index in [-0.39, 0.29) is 11.8 Å². The smallest absolute Gasteiger partial charge is 0.225 e. The lowest BCUT2D eigenvalue weighted by molar-refractivity contribution is -0.125. The minimum Gasteiger partial charge on any atom is -0.369 e. The van der Waals surface area contributed by atoms with E-state index < -0.39 is 0 Å². The first kappa shape index (κ1) is 18.9. The lowest BCUT2D eigenvalue weighted by Gasteiger charge is -2.33. The van der Waals surface area contributed by atoms with Gasteiger partial charge in [0.25, 0.3) is 0 Å². The van der Waals surface area contributed by atoms with Crippen LogP contribution in [-0.4, -0.2) is 63.5 Å². The molecule has 0 bridgehead atoms. The molecule has 2 aliphatic heterocycles. The fourth-order valence-corrected chi connectivity index (χ4v) is 4.45. The van der Waals surface area contributed by atoms with Crippen molar-refractivity contribution in [1.82, 2.24) is 25.3 Å². The van der Waals surface area contributed by atoms with Crippen molar-refractivity contribution in [2.45, 2.75) is 19.4 Å². The molecule has 4 heterocycles. The fourth-order valence-electron chi connectivity index (χ4n) is 3.55. The Bertz CT molecular complexity index is 760. The zero-order valence-electron chi connectivity index (χ0n) is 15.8. The largest absolute Gasteiger partial charge is 0.369 e. The van der Waals surface area contributed by atoms with Crippen molar-refractivity contribution in [3.05, 3.63) is 36.7 Å². The number of nitrogens with one attached hydrogen (secondary N) is 1. The van der Waals surface area contributed by atoms with Crippen LogP contribution in [0.5, 0.6) is 0 Å². The number of hydrogen-bond acceptors (Lipinski definition) is 8. The normalized spacial score (nSPS) is 18.1. The third-order valence-corrected chi connectivity index (χ3v) is 6.15. The van der Waals surface area contributed by atoms with Crippen LogP contribution >= 0.6 is 11.8 Å². The van der Waals surface area contributed by atoms with E-state index in [1.165, 1.54) is 0 Å². The number of carbonyl (C=O) groups excluding carboxylic acids is 1. The molecule has 1 N–H and O–H groups in total. The Hall–Kier alpha value is -2.42. The van der Waals surface area contributed by atoms with Gasteiger partial charge >= 0.3 is 0 Å². The Labute approximate surface area is 169 Å². The van der Waals surface area contributed by atoms with Gasteiger partial charge in [-0.25, -0.2) is 9.97 Å². The number of carbonyl (C=O) groups is 1. The molecule has 4 rings (SSSR count). The third kappa shape index (κ3) is 4.70. The Balaban J connectivity index is 1.26. The summed E-state index contributed by atoms with van der Waals surface area (Å²) >= 11 is 1.98. The second-order valence-electron chi connectivity index (χ2n) is 7.02. The SMILES string of the molecule is O=C(NCc1cnccn1)C1CCN(c2cnc(N3CCSCC3)nc2)CC1. The first-order chi connectivity index (χ1) is 13.8. The van der Waals surface area contributed by atoms with E-state index in [4.69, 9.17) is 0 Å². The molecule has 8 nitrogen and oxygen atoms in total. The zero-order chi connectivity index (χ0) is 19.2. The van der Waals surface area contributed by atoms with Gasteiger partial charge in [0.2, 0.25) is 11.9 Å². The van der Waals surface area contributed by atoms with E-state index in [0.29, 0.717) is 6.54 Å². The van der Waals surface area contributed by atoms with Crippen molar-refractivity contribution in [3.63, 3.8) is 0 Å². The minimum atomic E-state index is 0.0407. The van der Waals surface area contributed by atoms with Gasteiger partial charge in [0.15, 0.2) is 0 Å². The van der Waals surface area contributed by atoms with E-state index in [1.54, 1.807) is 18.6 Å². The first-order valence-corrected chi connectivity index (χ1v) is 10.9. The molecule has 0 aromatic carbocycles. The van der Waals surface area contributed by atoms with E-state index in [9.17, 15) is 4.79 Å². The molecular weight excluding hydrogens is 374 g/mol. The summed E-state index contributed by atoms with van der Waals surface area (Å²) in [6.45, 7) is 4.13. The standard InChI is InChI=1S/C19H25N7OS/c27-18(22-12-16-11-20-3-4-21-16)15-1-5-25(6-2-15)17-13-23-19(24-14-17)26-7-9-28-10-8-26/h3-4,11,13-15H,1-2,5-10,12H2,(H,22,27). The van der Waals surface area contributed by atoms with Crippen LogP contribution in [0.15, 0.2) is 31.0 Å². The zero-order valence-corrected chi connectivity index (χ0v) is 16.6. The van der Waals surface area contributed by atoms with Gasteiger partial charge in [-0.15, -0.1) is 0 Å². The van der Waals surface area contributed by atoms with Gasteiger partial charge in [-0.05, 0) is 12.8 Å². The minimum absolute atomic E-state index is 0.0407. The van der Waals surface area contributed by atoms with E-state index in [2.05, 4.69) is 35.1 Å². The van der Waals surface area contributed by atoms with Crippen LogP contribution in [0, 0.1) is 5.92 Å². The monoisotopic (exact) mass is 399 g/mol. The second kappa shape index (κ2) is 9.18. The summed E-state index contributed by atoms with van der Waals surface area (Å²) in [5, 5.41) is 2.98. The number of hydrogen-bond donors (Lipinski definition) is 1. The average Bonchev–Trinajstić information content (AvgIpc) is 2.79. The van der Waals surface area contributed by atoms with Crippen LogP contribution in [0.25, 0.3) is 0 Å². The maximum absolute atomic E-state index is 12.4. The van der Waals surface area contributed by atoms with Crippen LogP contribution in [0.3, 0.4) is 0 Å². The Kier molecular flexibility index (Phi) is 6.20. The summed E-state index contributed by atoms with van der Waals surface area (Å²) in [6, 6.07) is 0. The highest BCUT2D eigenvalue weighted by molar-refractivity contribution is 7.99. The average molecular weight is 400 g/mol. The molecule has 28 heavy (non-hydrogen) atoms. The summed E-state index contributed by atoms with van der Waals surface area (Å²) in [5.41, 5.74) is 1.81. The number of nitrogens with zero attached hydrogens (tertiary/aromatic N) is 6. The Morgan fingerprint density at radius 1 is 1.00 bits per heavy atom. The lowest BCUT2D eigenvalue weighted by Crippen LogP contribution is -2.40. The number of piperidine rings is 1. The number of anilines is 2. The molecule has 0 spiro atoms. The molecule has 2 fully saturated rings. The van der Waals surface area contributed by atoms with Crippen molar-refractivity contribution >= 4 is 29.3 Å². The molecule has 0 radical (unpaired) electrons. The van der Waals surface area contributed by atoms with Gasteiger partial charge in [0.05, 0.1) is 36.5 Å². The van der Waals surface area contributed by atoms with Crippen LogP contribution < -0.4 is 15.1 Å². The number of rotatable bonds is 5. The molecule has 0 saturated carbocycles. The van der Waals surface area contributed by atoms with Crippen molar-refractivity contribution in [3.8, 4) is 0 Å². The third-order valence-electron chi connectivity index (χ3n) is 5.21. The van der Waals surface area contributed by atoms with Crippen LogP contribution in [0.2, 0.25) is 0 Å². The van der Waals surface area contributed by atoms with Gasteiger partial charge in [0.1, 0.15) is 0 Å². The topological polar surface area (TPSA) is 87.1 Å². The molecule has 0 unspecified atom stereocenters. The number of amides is 1. The van der Waals surface area contributed by atoms with Crippen molar-refractivity contribution in [1.29, 1.82) is 0 Å². The van der Waals surface area contributed by atoms with Crippen LogP contribution in [-0.2, 0) is 11.3 Å². The molecule has 2 aliphatic rings. The van der Waals surface area contributed by atoms with E-state index in [1.807, 2.05) is 24.2 Å². The molecule has 0 atom stereocenters. The molecule has 148 valence electrons. The van der Waals surface area contributed by atoms with E-state index in [0.717, 1.165) is 67.9 Å². The molecule has 1 amide bonds. The predicted octanol–water partition coefficient (Wildman–Crippen LogP) is 1.35. The number of aromatic nitrogens is 4. The highest BCUT2D eigenvalue weighted by atomic mass is 32.2. The summed E-state index contributed by atoms with van der Waals surface area (Å²) < 4.78 is 0. The maximum atomic E-state index is 12.4. The Morgan fingerprint density at radius 3 is 2.43 bits per heavy atom. The summed E-state index contributed by atoms with van der Waals surface area (Å²) in [7, 11) is 0. The molecule has 2 aromatic rings. The first-order valence-electron chi connectivity index (χ1n) is 9.72. The van der Waals surface area contributed by atoms with Gasteiger partial charge in [-0.1, -0.05) is 0 Å². The van der Waals surface area contributed by atoms with E-state index >= 15 is 0 Å².